The Morgan fingerprint density at radius 2 is 1.69 bits per heavy atom. The van der Waals surface area contributed by atoms with E-state index in [0.29, 0.717) is 5.41 Å². The Kier molecular flexibility index (Phi) is 5.71. The fourth-order valence-electron chi connectivity index (χ4n) is 6.76. The maximum atomic E-state index is 12.8. The number of aromatic nitrogens is 1. The summed E-state index contributed by atoms with van der Waals surface area (Å²) >= 11 is 0. The molecule has 0 bridgehead atoms. The van der Waals surface area contributed by atoms with E-state index in [0.717, 1.165) is 35.0 Å². The molecule has 3 aliphatic rings. The van der Waals surface area contributed by atoms with Crippen LogP contribution in [0.15, 0.2) is 82.7 Å². The van der Waals surface area contributed by atoms with Crippen LogP contribution < -0.4 is 5.43 Å². The van der Waals surface area contributed by atoms with E-state index in [1.54, 1.807) is 6.07 Å². The van der Waals surface area contributed by atoms with Gasteiger partial charge in [0.25, 0.3) is 0 Å². The van der Waals surface area contributed by atoms with Crippen molar-refractivity contribution in [1.29, 1.82) is 0 Å². The first-order valence-electron chi connectivity index (χ1n) is 13.5. The van der Waals surface area contributed by atoms with E-state index in [1.165, 1.54) is 71.1 Å². The summed E-state index contributed by atoms with van der Waals surface area (Å²) in [6.45, 7) is 6.24. The third-order valence-electron chi connectivity index (χ3n) is 8.79. The lowest BCUT2D eigenvalue weighted by Gasteiger charge is -2.22. The Hall–Kier alpha value is -3.39. The topological polar surface area (TPSA) is 32.9 Å². The predicted molar refractivity (Wildman–Crippen MR) is 152 cm³/mol. The van der Waals surface area contributed by atoms with Crippen molar-refractivity contribution in [3.63, 3.8) is 0 Å². The molecule has 2 nitrogen and oxygen atoms in total. The average Bonchev–Trinajstić information content (AvgIpc) is 3.41. The molecule has 1 aromatic heterocycles. The van der Waals surface area contributed by atoms with Gasteiger partial charge in [-0.05, 0) is 115 Å². The maximum Gasteiger partial charge on any atom is 0.189 e. The summed E-state index contributed by atoms with van der Waals surface area (Å²) in [4.78, 5) is 16.1. The monoisotopic (exact) mass is 473 g/mol. The minimum atomic E-state index is 0.0945. The number of H-pyrrole nitrogens is 1. The standard InChI is InChI=1S/C34H35NO/c1-4-22(2)24-8-7-9-25(11-10-24)27-13-14-28(31-21-34(20-30(27)31)16-5-6-17-34)26-12-15-32-29(19-26)33(36)18-23(3)35-32/h4,8-15,18-19H,5-7,16-17,20-21H2,1-3H3,(H,35,36)/b22-4+. The molecule has 0 atom stereocenters. The minimum Gasteiger partial charge on any atom is -0.358 e. The molecule has 6 rings (SSSR count). The number of benzene rings is 2. The second kappa shape index (κ2) is 8.92. The second-order valence-corrected chi connectivity index (χ2v) is 11.1. The summed E-state index contributed by atoms with van der Waals surface area (Å²) in [6, 6.07) is 12.7. The number of pyridine rings is 1. The molecule has 1 heterocycles. The molecule has 0 aliphatic heterocycles. The van der Waals surface area contributed by atoms with Crippen LogP contribution in [0.25, 0.3) is 27.6 Å². The van der Waals surface area contributed by atoms with Crippen molar-refractivity contribution >= 4 is 16.5 Å². The van der Waals surface area contributed by atoms with E-state index in [9.17, 15) is 4.79 Å². The first-order valence-corrected chi connectivity index (χ1v) is 13.5. The zero-order valence-corrected chi connectivity index (χ0v) is 21.7. The maximum absolute atomic E-state index is 12.8. The number of allylic oxidation sites excluding steroid dienone is 8. The van der Waals surface area contributed by atoms with Gasteiger partial charge in [-0.25, -0.2) is 0 Å². The van der Waals surface area contributed by atoms with Gasteiger partial charge in [-0.2, -0.15) is 0 Å². The van der Waals surface area contributed by atoms with Crippen molar-refractivity contribution in [2.75, 3.05) is 0 Å². The fraction of sp³-hybridized carbons (Fsp3) is 0.324. The van der Waals surface area contributed by atoms with E-state index in [4.69, 9.17) is 0 Å². The Balaban J connectivity index is 1.47. The summed E-state index contributed by atoms with van der Waals surface area (Å²) in [5.41, 5.74) is 13.2. The SMILES string of the molecule is C/C=C(\C)C1=CCC=C(c2ccc(-c3ccc4[nH]c(C)cc(=O)c4c3)c3c2CC2(CCCC2)C3)C=C1. The van der Waals surface area contributed by atoms with Crippen molar-refractivity contribution < 1.29 is 0 Å². The molecule has 1 saturated carbocycles. The molecule has 3 aromatic rings. The molecule has 1 N–H and O–H groups in total. The van der Waals surface area contributed by atoms with E-state index >= 15 is 0 Å². The number of hydrogen-bond acceptors (Lipinski definition) is 1. The molecular weight excluding hydrogens is 438 g/mol. The van der Waals surface area contributed by atoms with Crippen molar-refractivity contribution in [2.45, 2.75) is 65.7 Å². The van der Waals surface area contributed by atoms with Crippen LogP contribution in [0.3, 0.4) is 0 Å². The van der Waals surface area contributed by atoms with E-state index in [2.05, 4.69) is 79.5 Å². The van der Waals surface area contributed by atoms with Gasteiger partial charge < -0.3 is 4.98 Å². The summed E-state index contributed by atoms with van der Waals surface area (Å²) in [5, 5.41) is 0.775. The Labute approximate surface area is 214 Å². The Morgan fingerprint density at radius 3 is 2.47 bits per heavy atom. The highest BCUT2D eigenvalue weighted by molar-refractivity contribution is 5.87. The van der Waals surface area contributed by atoms with Crippen LogP contribution in [-0.4, -0.2) is 4.98 Å². The van der Waals surface area contributed by atoms with Crippen LogP contribution in [0.2, 0.25) is 0 Å². The lowest BCUT2D eigenvalue weighted by molar-refractivity contribution is 0.318. The van der Waals surface area contributed by atoms with Crippen LogP contribution in [-0.2, 0) is 12.8 Å². The van der Waals surface area contributed by atoms with Crippen molar-refractivity contribution in [3.05, 3.63) is 111 Å². The highest BCUT2D eigenvalue weighted by Gasteiger charge is 2.41. The zero-order chi connectivity index (χ0) is 24.9. The molecule has 3 aliphatic carbocycles. The number of rotatable bonds is 3. The summed E-state index contributed by atoms with van der Waals surface area (Å²) < 4.78 is 0. The van der Waals surface area contributed by atoms with Crippen LogP contribution >= 0.6 is 0 Å². The van der Waals surface area contributed by atoms with Gasteiger partial charge in [0.1, 0.15) is 0 Å². The van der Waals surface area contributed by atoms with Crippen LogP contribution in [0, 0.1) is 12.3 Å². The lowest BCUT2D eigenvalue weighted by atomic mass is 9.82. The number of hydrogen-bond donors (Lipinski definition) is 1. The van der Waals surface area contributed by atoms with E-state index in [-0.39, 0.29) is 5.43 Å². The molecule has 0 radical (unpaired) electrons. The molecule has 2 heteroatoms. The molecule has 0 saturated heterocycles. The molecule has 1 spiro atoms. The number of fused-ring (bicyclic) bond motifs is 2. The van der Waals surface area contributed by atoms with E-state index < -0.39 is 0 Å². The van der Waals surface area contributed by atoms with Crippen LogP contribution in [0.1, 0.15) is 68.3 Å². The summed E-state index contributed by atoms with van der Waals surface area (Å²) in [7, 11) is 0. The van der Waals surface area contributed by atoms with Gasteiger partial charge in [0.15, 0.2) is 5.43 Å². The first kappa shape index (κ1) is 23.0. The minimum absolute atomic E-state index is 0.0945. The molecule has 36 heavy (non-hydrogen) atoms. The average molecular weight is 474 g/mol. The molecule has 0 amide bonds. The van der Waals surface area contributed by atoms with Gasteiger partial charge in [-0.1, -0.05) is 61.4 Å². The summed E-state index contributed by atoms with van der Waals surface area (Å²) in [6.07, 6.45) is 20.2. The largest absolute Gasteiger partial charge is 0.358 e. The molecule has 182 valence electrons. The van der Waals surface area contributed by atoms with Crippen LogP contribution in [0.4, 0.5) is 0 Å². The van der Waals surface area contributed by atoms with Gasteiger partial charge in [-0.15, -0.1) is 0 Å². The third-order valence-corrected chi connectivity index (χ3v) is 8.79. The van der Waals surface area contributed by atoms with Crippen LogP contribution in [0.5, 0.6) is 0 Å². The zero-order valence-electron chi connectivity index (χ0n) is 21.7. The quantitative estimate of drug-likeness (QED) is 0.407. The fourth-order valence-corrected chi connectivity index (χ4v) is 6.76. The number of nitrogens with one attached hydrogen (secondary N) is 1. The Morgan fingerprint density at radius 1 is 0.944 bits per heavy atom. The smallest absolute Gasteiger partial charge is 0.189 e. The van der Waals surface area contributed by atoms with Gasteiger partial charge in [0.05, 0.1) is 0 Å². The van der Waals surface area contributed by atoms with Crippen molar-refractivity contribution in [1.82, 2.24) is 4.98 Å². The van der Waals surface area contributed by atoms with Crippen molar-refractivity contribution in [3.8, 4) is 11.1 Å². The molecular formula is C34H35NO. The molecule has 2 aromatic carbocycles. The van der Waals surface area contributed by atoms with Crippen molar-refractivity contribution in [2.24, 2.45) is 5.41 Å². The first-order chi connectivity index (χ1) is 17.5. The highest BCUT2D eigenvalue weighted by atomic mass is 16.1. The summed E-state index contributed by atoms with van der Waals surface area (Å²) in [5.74, 6) is 0. The molecule has 0 unspecified atom stereocenters. The van der Waals surface area contributed by atoms with Gasteiger partial charge in [0.2, 0.25) is 0 Å². The van der Waals surface area contributed by atoms with Gasteiger partial charge in [-0.3, -0.25) is 4.79 Å². The predicted octanol–water partition coefficient (Wildman–Crippen LogP) is 8.40. The number of aryl methyl sites for hydroxylation is 1. The lowest BCUT2D eigenvalue weighted by Crippen LogP contribution is -2.16. The highest BCUT2D eigenvalue weighted by Crippen LogP contribution is 2.52. The molecule has 1 fully saturated rings. The normalized spacial score (nSPS) is 18.9. The van der Waals surface area contributed by atoms with Gasteiger partial charge >= 0.3 is 0 Å². The van der Waals surface area contributed by atoms with E-state index in [1.807, 2.05) is 6.92 Å². The third kappa shape index (κ3) is 3.93. The Bertz CT molecular complexity index is 1550. The second-order valence-electron chi connectivity index (χ2n) is 11.1. The number of aromatic amines is 1. The van der Waals surface area contributed by atoms with Gasteiger partial charge in [0, 0.05) is 22.7 Å².